The molecule has 0 saturated carbocycles. The molecule has 0 spiro atoms. The Morgan fingerprint density at radius 1 is 0.839 bits per heavy atom. The van der Waals surface area contributed by atoms with Gasteiger partial charge in [0.15, 0.2) is 0 Å². The number of rotatable bonds is 8. The van der Waals surface area contributed by atoms with Gasteiger partial charge in [0.05, 0.1) is 0 Å². The summed E-state index contributed by atoms with van der Waals surface area (Å²) in [5.41, 5.74) is 1.01. The Bertz CT molecular complexity index is 936. The van der Waals surface area contributed by atoms with Crippen molar-refractivity contribution in [2.45, 2.75) is 6.18 Å². The lowest BCUT2D eigenvalue weighted by Gasteiger charge is -2.22. The van der Waals surface area contributed by atoms with Crippen molar-refractivity contribution in [3.05, 3.63) is 83.4 Å². The molecule has 0 saturated heterocycles. The van der Waals surface area contributed by atoms with E-state index in [0.717, 1.165) is 24.3 Å². The maximum absolute atomic E-state index is 12.9. The summed E-state index contributed by atoms with van der Waals surface area (Å²) in [5, 5.41) is 2.39. The van der Waals surface area contributed by atoms with Crippen LogP contribution in [0.3, 0.4) is 0 Å². The van der Waals surface area contributed by atoms with E-state index >= 15 is 0 Å². The van der Waals surface area contributed by atoms with Crippen LogP contribution in [0.2, 0.25) is 0 Å². The van der Waals surface area contributed by atoms with Gasteiger partial charge in [-0.25, -0.2) is 8.78 Å². The van der Waals surface area contributed by atoms with E-state index in [4.69, 9.17) is 0 Å². The molecule has 2 aromatic carbocycles. The molecule has 0 bridgehead atoms. The van der Waals surface area contributed by atoms with E-state index in [9.17, 15) is 31.5 Å². The van der Waals surface area contributed by atoms with Crippen molar-refractivity contribution in [2.75, 3.05) is 19.6 Å². The van der Waals surface area contributed by atoms with Crippen LogP contribution in [0.4, 0.5) is 22.0 Å². The zero-order chi connectivity index (χ0) is 22.9. The first-order chi connectivity index (χ1) is 14.6. The Hall–Kier alpha value is -3.49. The number of amides is 2. The number of benzene rings is 2. The normalized spacial score (nSPS) is 11.8. The minimum Gasteiger partial charge on any atom is -0.351 e. The molecule has 1 N–H and O–H groups in total. The summed E-state index contributed by atoms with van der Waals surface area (Å²) in [4.78, 5) is 24.5. The summed E-state index contributed by atoms with van der Waals surface area (Å²) in [7, 11) is 0. The van der Waals surface area contributed by atoms with Gasteiger partial charge >= 0.3 is 6.18 Å². The number of hydrogen-bond donors (Lipinski definition) is 1. The van der Waals surface area contributed by atoms with Crippen LogP contribution in [0.15, 0.2) is 60.7 Å². The fourth-order valence-electron chi connectivity index (χ4n) is 2.45. The van der Waals surface area contributed by atoms with Crippen LogP contribution in [0.1, 0.15) is 11.1 Å². The smallest absolute Gasteiger partial charge is 0.351 e. The van der Waals surface area contributed by atoms with Crippen LogP contribution in [-0.2, 0) is 9.59 Å². The molecule has 0 heterocycles. The van der Waals surface area contributed by atoms with Crippen molar-refractivity contribution in [1.29, 1.82) is 0 Å². The number of carbonyl (C=O) groups excluding carboxylic acids is 2. The fraction of sp³-hybridized carbons (Fsp3) is 0.182. The maximum Gasteiger partial charge on any atom is 0.406 e. The molecule has 0 aromatic heterocycles. The number of nitrogens with zero attached hydrogens (tertiary/aromatic N) is 1. The summed E-state index contributed by atoms with van der Waals surface area (Å²) < 4.78 is 64.2. The van der Waals surface area contributed by atoms with Gasteiger partial charge in [0.25, 0.3) is 0 Å². The van der Waals surface area contributed by atoms with Crippen molar-refractivity contribution in [2.24, 2.45) is 0 Å². The average Bonchev–Trinajstić information content (AvgIpc) is 2.71. The van der Waals surface area contributed by atoms with Crippen LogP contribution in [0, 0.1) is 11.6 Å². The maximum atomic E-state index is 12.9. The third-order valence-corrected chi connectivity index (χ3v) is 3.95. The standard InChI is InChI=1S/C22H19F5N2O2/c23-18-7-1-16(2-8-18)5-11-20(30)28-13-14-29(15-22(25,26)27)21(31)12-6-17-3-9-19(24)10-4-17/h1-12H,13-15H2,(H,28,30). The lowest BCUT2D eigenvalue weighted by molar-refractivity contribution is -0.158. The molecule has 164 valence electrons. The zero-order valence-corrected chi connectivity index (χ0v) is 16.2. The first kappa shape index (κ1) is 23.8. The highest BCUT2D eigenvalue weighted by Gasteiger charge is 2.32. The zero-order valence-electron chi connectivity index (χ0n) is 16.2. The Balaban J connectivity index is 1.92. The minimum absolute atomic E-state index is 0.210. The number of alkyl halides is 3. The van der Waals surface area contributed by atoms with E-state index in [-0.39, 0.29) is 13.1 Å². The van der Waals surface area contributed by atoms with Gasteiger partial charge in [0, 0.05) is 25.2 Å². The molecular weight excluding hydrogens is 419 g/mol. The van der Waals surface area contributed by atoms with E-state index in [2.05, 4.69) is 5.32 Å². The lowest BCUT2D eigenvalue weighted by Crippen LogP contribution is -2.42. The molecule has 0 aliphatic heterocycles. The summed E-state index contributed by atoms with van der Waals surface area (Å²) in [6.45, 7) is -2.07. The number of hydrogen-bond acceptors (Lipinski definition) is 2. The average molecular weight is 438 g/mol. The second-order valence-electron chi connectivity index (χ2n) is 6.44. The highest BCUT2D eigenvalue weighted by molar-refractivity contribution is 5.92. The predicted molar refractivity (Wildman–Crippen MR) is 107 cm³/mol. The summed E-state index contributed by atoms with van der Waals surface area (Å²) in [6.07, 6.45) is 0.173. The molecule has 2 amide bonds. The van der Waals surface area contributed by atoms with Crippen molar-refractivity contribution in [3.8, 4) is 0 Å². The Morgan fingerprint density at radius 2 is 1.32 bits per heavy atom. The molecule has 4 nitrogen and oxygen atoms in total. The molecule has 0 aliphatic carbocycles. The molecule has 0 radical (unpaired) electrons. The van der Waals surface area contributed by atoms with Crippen LogP contribution in [-0.4, -0.2) is 42.5 Å². The minimum atomic E-state index is -4.62. The van der Waals surface area contributed by atoms with E-state index in [1.165, 1.54) is 48.6 Å². The van der Waals surface area contributed by atoms with Crippen LogP contribution in [0.25, 0.3) is 12.2 Å². The van der Waals surface area contributed by atoms with Crippen molar-refractivity contribution in [1.82, 2.24) is 10.2 Å². The topological polar surface area (TPSA) is 49.4 Å². The third kappa shape index (κ3) is 9.24. The van der Waals surface area contributed by atoms with Crippen molar-refractivity contribution < 1.29 is 31.5 Å². The Kier molecular flexibility index (Phi) is 8.48. The van der Waals surface area contributed by atoms with E-state index in [1.54, 1.807) is 0 Å². The molecule has 9 heteroatoms. The van der Waals surface area contributed by atoms with Gasteiger partial charge in [-0.3, -0.25) is 9.59 Å². The molecule has 0 atom stereocenters. The second kappa shape index (κ2) is 11.1. The summed E-state index contributed by atoms with van der Waals surface area (Å²) >= 11 is 0. The summed E-state index contributed by atoms with van der Waals surface area (Å²) in [6, 6.07) is 10.4. The van der Waals surface area contributed by atoms with Crippen LogP contribution < -0.4 is 5.32 Å². The van der Waals surface area contributed by atoms with Gasteiger partial charge in [-0.2, -0.15) is 13.2 Å². The predicted octanol–water partition coefficient (Wildman–Crippen LogP) is 4.20. The Morgan fingerprint density at radius 3 is 1.81 bits per heavy atom. The first-order valence-corrected chi connectivity index (χ1v) is 9.13. The number of carbonyl (C=O) groups is 2. The van der Waals surface area contributed by atoms with E-state index in [1.807, 2.05) is 0 Å². The van der Waals surface area contributed by atoms with Crippen molar-refractivity contribution in [3.63, 3.8) is 0 Å². The van der Waals surface area contributed by atoms with Crippen LogP contribution in [0.5, 0.6) is 0 Å². The van der Waals surface area contributed by atoms with Gasteiger partial charge in [0.2, 0.25) is 11.8 Å². The monoisotopic (exact) mass is 438 g/mol. The van der Waals surface area contributed by atoms with Gasteiger partial charge < -0.3 is 10.2 Å². The van der Waals surface area contributed by atoms with Crippen LogP contribution >= 0.6 is 0 Å². The van der Waals surface area contributed by atoms with Gasteiger partial charge in [-0.15, -0.1) is 0 Å². The Labute approximate surface area is 175 Å². The SMILES string of the molecule is O=C(C=Cc1ccc(F)cc1)NCCN(CC(F)(F)F)C(=O)C=Cc1ccc(F)cc1. The number of halogens is 5. The van der Waals surface area contributed by atoms with Gasteiger partial charge in [-0.1, -0.05) is 24.3 Å². The largest absolute Gasteiger partial charge is 0.406 e. The molecule has 0 unspecified atom stereocenters. The van der Waals surface area contributed by atoms with Gasteiger partial charge in [-0.05, 0) is 47.5 Å². The molecule has 31 heavy (non-hydrogen) atoms. The summed E-state index contributed by atoms with van der Waals surface area (Å²) in [5.74, 6) is -2.39. The number of nitrogens with one attached hydrogen (secondary N) is 1. The fourth-order valence-corrected chi connectivity index (χ4v) is 2.45. The highest BCUT2D eigenvalue weighted by atomic mass is 19.4. The third-order valence-electron chi connectivity index (χ3n) is 3.95. The second-order valence-corrected chi connectivity index (χ2v) is 6.44. The molecule has 2 rings (SSSR count). The van der Waals surface area contributed by atoms with E-state index in [0.29, 0.717) is 16.0 Å². The molecule has 2 aromatic rings. The molecule has 0 aliphatic rings. The molecular formula is C22H19F5N2O2. The first-order valence-electron chi connectivity index (χ1n) is 9.13. The van der Waals surface area contributed by atoms with E-state index < -0.39 is 36.2 Å². The lowest BCUT2D eigenvalue weighted by atomic mass is 10.2. The highest BCUT2D eigenvalue weighted by Crippen LogP contribution is 2.17. The molecule has 0 fully saturated rings. The quantitative estimate of drug-likeness (QED) is 0.496. The van der Waals surface area contributed by atoms with Crippen molar-refractivity contribution >= 4 is 24.0 Å². The van der Waals surface area contributed by atoms with Gasteiger partial charge in [0.1, 0.15) is 18.2 Å².